The summed E-state index contributed by atoms with van der Waals surface area (Å²) in [6.45, 7) is 8.97. The summed E-state index contributed by atoms with van der Waals surface area (Å²) in [5.74, 6) is 0.742. The number of halogens is 1. The van der Waals surface area contributed by atoms with Crippen molar-refractivity contribution in [2.45, 2.75) is 40.0 Å². The van der Waals surface area contributed by atoms with Crippen LogP contribution in [0.15, 0.2) is 30.3 Å². The number of fused-ring (bicyclic) bond motifs is 1. The van der Waals surface area contributed by atoms with Gasteiger partial charge in [-0.05, 0) is 68.0 Å². The maximum absolute atomic E-state index is 12.7. The minimum absolute atomic E-state index is 0.0291. The lowest BCUT2D eigenvalue weighted by atomic mass is 10.1. The normalized spacial score (nSPS) is 16.4. The maximum Gasteiger partial charge on any atom is 0.261 e. The van der Waals surface area contributed by atoms with Gasteiger partial charge in [0.1, 0.15) is 4.83 Å². The molecule has 1 atom stereocenters. The van der Waals surface area contributed by atoms with Crippen molar-refractivity contribution in [2.24, 2.45) is 5.92 Å². The highest BCUT2D eigenvalue weighted by atomic mass is 35.5. The third-order valence-corrected chi connectivity index (χ3v) is 7.57. The van der Waals surface area contributed by atoms with E-state index in [9.17, 15) is 4.79 Å². The van der Waals surface area contributed by atoms with Crippen molar-refractivity contribution in [3.8, 4) is 0 Å². The van der Waals surface area contributed by atoms with Gasteiger partial charge in [-0.2, -0.15) is 0 Å². The Morgan fingerprint density at radius 3 is 2.87 bits per heavy atom. The number of rotatable bonds is 6. The summed E-state index contributed by atoms with van der Waals surface area (Å²) in [4.78, 5) is 21.3. The number of anilines is 1. The molecule has 30 heavy (non-hydrogen) atoms. The van der Waals surface area contributed by atoms with Gasteiger partial charge in [-0.15, -0.1) is 11.3 Å². The van der Waals surface area contributed by atoms with Crippen molar-refractivity contribution < 1.29 is 4.79 Å². The fraction of sp³-hybridized carbons (Fsp3) is 0.417. The van der Waals surface area contributed by atoms with Gasteiger partial charge >= 0.3 is 0 Å². The molecule has 3 heterocycles. The molecule has 0 unspecified atom stereocenters. The van der Waals surface area contributed by atoms with E-state index < -0.39 is 0 Å². The fourth-order valence-electron chi connectivity index (χ4n) is 4.16. The molecule has 0 spiro atoms. The molecule has 0 bridgehead atoms. The lowest BCUT2D eigenvalue weighted by molar-refractivity contribution is 0.0957. The first-order valence-electron chi connectivity index (χ1n) is 10.6. The van der Waals surface area contributed by atoms with Crippen molar-refractivity contribution >= 4 is 44.7 Å². The van der Waals surface area contributed by atoms with Crippen molar-refractivity contribution in [1.82, 2.24) is 10.3 Å². The van der Waals surface area contributed by atoms with E-state index in [0.29, 0.717) is 6.54 Å². The molecule has 1 aliphatic heterocycles. The largest absolute Gasteiger partial charge is 0.370 e. The van der Waals surface area contributed by atoms with Gasteiger partial charge in [0.2, 0.25) is 0 Å². The van der Waals surface area contributed by atoms with Crippen LogP contribution in [-0.2, 0) is 6.42 Å². The molecule has 158 valence electrons. The zero-order valence-corrected chi connectivity index (χ0v) is 19.4. The van der Waals surface area contributed by atoms with Crippen molar-refractivity contribution in [3.05, 3.63) is 57.1 Å². The predicted molar refractivity (Wildman–Crippen MR) is 127 cm³/mol. The maximum atomic E-state index is 12.7. The van der Waals surface area contributed by atoms with E-state index in [2.05, 4.69) is 34.3 Å². The highest BCUT2D eigenvalue weighted by Crippen LogP contribution is 2.32. The number of nitrogens with zero attached hydrogens (tertiary/aromatic N) is 2. The zero-order valence-electron chi connectivity index (χ0n) is 17.8. The van der Waals surface area contributed by atoms with Crippen LogP contribution in [-0.4, -0.2) is 30.5 Å². The van der Waals surface area contributed by atoms with Crippen molar-refractivity contribution in [3.63, 3.8) is 0 Å². The number of benzene rings is 1. The summed E-state index contributed by atoms with van der Waals surface area (Å²) < 4.78 is 0. The van der Waals surface area contributed by atoms with Gasteiger partial charge in [0, 0.05) is 30.7 Å². The number of hydrogen-bond acceptors (Lipinski definition) is 4. The van der Waals surface area contributed by atoms with E-state index in [1.807, 2.05) is 32.0 Å². The summed E-state index contributed by atoms with van der Waals surface area (Å²) >= 11 is 8.05. The summed E-state index contributed by atoms with van der Waals surface area (Å²) in [6, 6.07) is 10.3. The molecule has 6 heteroatoms. The summed E-state index contributed by atoms with van der Waals surface area (Å²) in [5.41, 5.74) is 4.24. The van der Waals surface area contributed by atoms with E-state index >= 15 is 0 Å². The number of amides is 1. The number of aromatic nitrogens is 1. The van der Waals surface area contributed by atoms with Crippen LogP contribution in [0, 0.1) is 19.8 Å². The Morgan fingerprint density at radius 2 is 2.13 bits per heavy atom. The van der Waals surface area contributed by atoms with Crippen LogP contribution in [0.5, 0.6) is 0 Å². The van der Waals surface area contributed by atoms with Gasteiger partial charge in [0.05, 0.1) is 15.6 Å². The number of carbonyl (C=O) groups is 1. The Kier molecular flexibility index (Phi) is 6.30. The topological polar surface area (TPSA) is 45.2 Å². The lowest BCUT2D eigenvalue weighted by Crippen LogP contribution is -2.25. The Hall–Kier alpha value is -2.11. The monoisotopic (exact) mass is 441 g/mol. The molecule has 1 aliphatic rings. The molecule has 1 aromatic carbocycles. The first kappa shape index (κ1) is 21.1. The van der Waals surface area contributed by atoms with E-state index in [0.717, 1.165) is 68.1 Å². The second-order valence-electron chi connectivity index (χ2n) is 8.16. The van der Waals surface area contributed by atoms with E-state index in [1.54, 1.807) is 0 Å². The molecule has 1 fully saturated rings. The van der Waals surface area contributed by atoms with Crippen LogP contribution in [0.25, 0.3) is 10.2 Å². The third kappa shape index (κ3) is 4.33. The van der Waals surface area contributed by atoms with Crippen molar-refractivity contribution in [2.75, 3.05) is 24.5 Å². The summed E-state index contributed by atoms with van der Waals surface area (Å²) in [6.07, 6.45) is 3.22. The van der Waals surface area contributed by atoms with Gasteiger partial charge in [-0.25, -0.2) is 4.98 Å². The Bertz CT molecular complexity index is 1080. The molecule has 1 N–H and O–H groups in total. The second-order valence-corrected chi connectivity index (χ2v) is 9.57. The first-order valence-corrected chi connectivity index (χ1v) is 11.8. The Labute approximate surface area is 187 Å². The molecule has 0 saturated carbocycles. The van der Waals surface area contributed by atoms with Crippen LogP contribution >= 0.6 is 22.9 Å². The first-order chi connectivity index (χ1) is 14.5. The summed E-state index contributed by atoms with van der Waals surface area (Å²) in [5, 5.41) is 4.92. The van der Waals surface area contributed by atoms with Crippen LogP contribution in [0.3, 0.4) is 0 Å². The number of thiophene rings is 1. The molecule has 4 rings (SSSR count). The third-order valence-electron chi connectivity index (χ3n) is 6.06. The number of carbonyl (C=O) groups excluding carboxylic acids is 1. The average molecular weight is 442 g/mol. The number of hydrogen-bond donors (Lipinski definition) is 1. The van der Waals surface area contributed by atoms with E-state index in [-0.39, 0.29) is 5.91 Å². The fourth-order valence-corrected chi connectivity index (χ4v) is 5.62. The highest BCUT2D eigenvalue weighted by molar-refractivity contribution is 7.20. The van der Waals surface area contributed by atoms with Crippen molar-refractivity contribution in [1.29, 1.82) is 0 Å². The smallest absolute Gasteiger partial charge is 0.261 e. The van der Waals surface area contributed by atoms with Gasteiger partial charge in [0.25, 0.3) is 5.91 Å². The van der Waals surface area contributed by atoms with Gasteiger partial charge in [-0.1, -0.05) is 31.0 Å². The second kappa shape index (κ2) is 8.94. The van der Waals surface area contributed by atoms with Crippen LogP contribution < -0.4 is 10.2 Å². The van der Waals surface area contributed by atoms with E-state index in [4.69, 9.17) is 11.6 Å². The summed E-state index contributed by atoms with van der Waals surface area (Å²) in [7, 11) is 0. The standard InChI is InChI=1S/C24H28ClN3OS/c1-4-17-10-12-28(14-17)21-8-6-18(13-20(21)25)9-11-26-23(29)22-16(3)19-7-5-15(2)27-24(19)30-22/h5-8,13,17H,4,9-12,14H2,1-3H3,(H,26,29)/t17-/m1/s1. The lowest BCUT2D eigenvalue weighted by Gasteiger charge is -2.20. The quantitative estimate of drug-likeness (QED) is 0.527. The molecule has 2 aromatic heterocycles. The molecule has 4 nitrogen and oxygen atoms in total. The van der Waals surface area contributed by atoms with Crippen LogP contribution in [0.1, 0.15) is 46.3 Å². The van der Waals surface area contributed by atoms with Crippen LogP contribution in [0.2, 0.25) is 5.02 Å². The molecule has 3 aromatic rings. The van der Waals surface area contributed by atoms with Gasteiger partial charge in [-0.3, -0.25) is 4.79 Å². The molecular formula is C24H28ClN3OS. The molecule has 1 amide bonds. The minimum Gasteiger partial charge on any atom is -0.370 e. The minimum atomic E-state index is -0.0291. The average Bonchev–Trinajstić information content (AvgIpc) is 3.32. The SMILES string of the molecule is CC[C@@H]1CCN(c2ccc(CCNC(=O)c3sc4nc(C)ccc4c3C)cc2Cl)C1. The van der Waals surface area contributed by atoms with Crippen LogP contribution in [0.4, 0.5) is 5.69 Å². The number of aryl methyl sites for hydroxylation is 2. The molecule has 1 saturated heterocycles. The van der Waals surface area contributed by atoms with Gasteiger partial charge < -0.3 is 10.2 Å². The van der Waals surface area contributed by atoms with Gasteiger partial charge in [0.15, 0.2) is 0 Å². The molecule has 0 aliphatic carbocycles. The van der Waals surface area contributed by atoms with E-state index in [1.165, 1.54) is 24.2 Å². The number of pyridine rings is 1. The number of nitrogens with one attached hydrogen (secondary N) is 1. The highest BCUT2D eigenvalue weighted by Gasteiger charge is 2.22. The molecular weight excluding hydrogens is 414 g/mol. The zero-order chi connectivity index (χ0) is 21.3. The molecule has 0 radical (unpaired) electrons. The predicted octanol–water partition coefficient (Wildman–Crippen LogP) is 5.78. The Morgan fingerprint density at radius 1 is 1.30 bits per heavy atom. The Balaban J connectivity index is 1.37.